The number of fused-ring (bicyclic) bond motifs is 1. The van der Waals surface area contributed by atoms with Crippen molar-refractivity contribution in [2.24, 2.45) is 5.10 Å². The second kappa shape index (κ2) is 7.44. The Morgan fingerprint density at radius 3 is 2.72 bits per heavy atom. The van der Waals surface area contributed by atoms with Crippen molar-refractivity contribution in [1.82, 2.24) is 10.4 Å². The van der Waals surface area contributed by atoms with E-state index in [1.54, 1.807) is 38.5 Å². The van der Waals surface area contributed by atoms with Crippen LogP contribution in [0.25, 0.3) is 10.9 Å². The predicted octanol–water partition coefficient (Wildman–Crippen LogP) is 3.02. The Kier molecular flexibility index (Phi) is 4.89. The lowest BCUT2D eigenvalue weighted by Gasteiger charge is -2.07. The Morgan fingerprint density at radius 2 is 1.92 bits per heavy atom. The quantitative estimate of drug-likeness (QED) is 0.575. The molecule has 1 heterocycles. The number of hydrazone groups is 1. The van der Waals surface area contributed by atoms with Crippen molar-refractivity contribution >= 4 is 23.0 Å². The average molecular weight is 335 g/mol. The topological polar surface area (TPSA) is 72.8 Å². The number of carbonyl (C=O) groups is 1. The average Bonchev–Trinajstić information content (AvgIpc) is 2.67. The number of para-hydroxylation sites is 1. The lowest BCUT2D eigenvalue weighted by molar-refractivity contribution is 0.0950. The summed E-state index contributed by atoms with van der Waals surface area (Å²) >= 11 is 0. The minimum atomic E-state index is -0.380. The summed E-state index contributed by atoms with van der Waals surface area (Å²) in [5, 5.41) is 4.95. The fraction of sp³-hybridized carbons (Fsp3) is 0.105. The fourth-order valence-electron chi connectivity index (χ4n) is 2.34. The summed E-state index contributed by atoms with van der Waals surface area (Å²) in [6.45, 7) is 0. The number of nitrogens with zero attached hydrogens (tertiary/aromatic N) is 2. The predicted molar refractivity (Wildman–Crippen MR) is 96.3 cm³/mol. The number of nitrogens with one attached hydrogen (secondary N) is 1. The smallest absolute Gasteiger partial charge is 0.289 e. The molecular formula is C19H17N3O3. The van der Waals surface area contributed by atoms with E-state index in [0.717, 1.165) is 16.5 Å². The van der Waals surface area contributed by atoms with Gasteiger partial charge in [-0.15, -0.1) is 0 Å². The van der Waals surface area contributed by atoms with Gasteiger partial charge in [-0.3, -0.25) is 4.79 Å². The molecule has 0 bridgehead atoms. The zero-order valence-corrected chi connectivity index (χ0v) is 13.9. The van der Waals surface area contributed by atoms with E-state index in [4.69, 9.17) is 9.47 Å². The van der Waals surface area contributed by atoms with Crippen molar-refractivity contribution in [2.45, 2.75) is 0 Å². The highest BCUT2D eigenvalue weighted by Gasteiger charge is 2.07. The van der Waals surface area contributed by atoms with Crippen LogP contribution in [0.2, 0.25) is 0 Å². The van der Waals surface area contributed by atoms with Crippen molar-refractivity contribution in [3.05, 3.63) is 65.9 Å². The molecule has 3 rings (SSSR count). The van der Waals surface area contributed by atoms with Crippen LogP contribution in [0.4, 0.5) is 0 Å². The number of carbonyl (C=O) groups excluding carboxylic acids is 1. The summed E-state index contributed by atoms with van der Waals surface area (Å²) in [7, 11) is 3.14. The number of amides is 1. The fourth-order valence-corrected chi connectivity index (χ4v) is 2.34. The molecule has 25 heavy (non-hydrogen) atoms. The van der Waals surface area contributed by atoms with Crippen LogP contribution in [-0.2, 0) is 0 Å². The monoisotopic (exact) mass is 335 g/mol. The number of methoxy groups -OCH3 is 2. The first-order valence-corrected chi connectivity index (χ1v) is 7.62. The van der Waals surface area contributed by atoms with Gasteiger partial charge in [0.1, 0.15) is 17.2 Å². The van der Waals surface area contributed by atoms with E-state index < -0.39 is 0 Å². The standard InChI is InChI=1S/C19H17N3O3/c1-24-15-9-7-14(18(11-15)25-2)12-20-22-19(23)17-10-8-13-5-3-4-6-16(13)21-17/h3-12H,1-2H3,(H,22,23)/b20-12+. The maximum absolute atomic E-state index is 12.2. The third kappa shape index (κ3) is 3.74. The van der Waals surface area contributed by atoms with Crippen molar-refractivity contribution in [3.63, 3.8) is 0 Å². The van der Waals surface area contributed by atoms with Gasteiger partial charge in [0.2, 0.25) is 0 Å². The molecule has 0 radical (unpaired) electrons. The minimum absolute atomic E-state index is 0.303. The summed E-state index contributed by atoms with van der Waals surface area (Å²) in [4.78, 5) is 16.5. The highest BCUT2D eigenvalue weighted by Crippen LogP contribution is 2.23. The van der Waals surface area contributed by atoms with Gasteiger partial charge >= 0.3 is 0 Å². The molecule has 0 atom stereocenters. The van der Waals surface area contributed by atoms with Gasteiger partial charge in [-0.1, -0.05) is 24.3 Å². The van der Waals surface area contributed by atoms with Gasteiger partial charge in [-0.2, -0.15) is 5.10 Å². The Bertz CT molecular complexity index is 938. The van der Waals surface area contributed by atoms with Gasteiger partial charge in [0.25, 0.3) is 5.91 Å². The van der Waals surface area contributed by atoms with E-state index in [0.29, 0.717) is 17.2 Å². The van der Waals surface area contributed by atoms with Gasteiger partial charge < -0.3 is 9.47 Å². The normalized spacial score (nSPS) is 10.8. The van der Waals surface area contributed by atoms with E-state index in [-0.39, 0.29) is 5.91 Å². The van der Waals surface area contributed by atoms with Gasteiger partial charge in [0.15, 0.2) is 0 Å². The molecule has 0 spiro atoms. The van der Waals surface area contributed by atoms with Crippen LogP contribution in [0.1, 0.15) is 16.1 Å². The second-order valence-corrected chi connectivity index (χ2v) is 5.20. The molecule has 0 unspecified atom stereocenters. The molecule has 2 aromatic carbocycles. The zero-order valence-electron chi connectivity index (χ0n) is 13.9. The molecule has 0 fully saturated rings. The molecule has 3 aromatic rings. The molecule has 0 aliphatic carbocycles. The Hall–Kier alpha value is -3.41. The number of benzene rings is 2. The van der Waals surface area contributed by atoms with Crippen LogP contribution >= 0.6 is 0 Å². The number of aromatic nitrogens is 1. The van der Waals surface area contributed by atoms with Crippen LogP contribution < -0.4 is 14.9 Å². The Balaban J connectivity index is 1.73. The van der Waals surface area contributed by atoms with Crippen LogP contribution in [0, 0.1) is 0 Å². The number of ether oxygens (including phenoxy) is 2. The maximum Gasteiger partial charge on any atom is 0.289 e. The van der Waals surface area contributed by atoms with E-state index in [1.807, 2.05) is 30.3 Å². The second-order valence-electron chi connectivity index (χ2n) is 5.20. The molecule has 6 heteroatoms. The van der Waals surface area contributed by atoms with E-state index >= 15 is 0 Å². The van der Waals surface area contributed by atoms with Crippen LogP contribution in [0.3, 0.4) is 0 Å². The van der Waals surface area contributed by atoms with Gasteiger partial charge in [-0.05, 0) is 24.3 Å². The number of hydrogen-bond acceptors (Lipinski definition) is 5. The Labute approximate surface area is 145 Å². The highest BCUT2D eigenvalue weighted by molar-refractivity contribution is 5.95. The molecule has 0 saturated heterocycles. The third-order valence-electron chi connectivity index (χ3n) is 3.64. The van der Waals surface area contributed by atoms with Crippen LogP contribution in [0.5, 0.6) is 11.5 Å². The van der Waals surface area contributed by atoms with E-state index in [1.165, 1.54) is 6.21 Å². The van der Waals surface area contributed by atoms with E-state index in [2.05, 4.69) is 15.5 Å². The van der Waals surface area contributed by atoms with Gasteiger partial charge in [-0.25, -0.2) is 10.4 Å². The molecule has 126 valence electrons. The van der Waals surface area contributed by atoms with Crippen molar-refractivity contribution < 1.29 is 14.3 Å². The SMILES string of the molecule is COc1ccc(/C=N/NC(=O)c2ccc3ccccc3n2)c(OC)c1. The molecule has 1 aromatic heterocycles. The summed E-state index contributed by atoms with van der Waals surface area (Å²) in [6, 6.07) is 16.5. The van der Waals surface area contributed by atoms with Gasteiger partial charge in [0.05, 0.1) is 26.0 Å². The molecule has 6 nitrogen and oxygen atoms in total. The number of pyridine rings is 1. The molecule has 1 N–H and O–H groups in total. The zero-order chi connectivity index (χ0) is 17.6. The van der Waals surface area contributed by atoms with E-state index in [9.17, 15) is 4.79 Å². The molecule has 0 saturated carbocycles. The molecular weight excluding hydrogens is 318 g/mol. The molecule has 1 amide bonds. The Morgan fingerprint density at radius 1 is 1.08 bits per heavy atom. The lowest BCUT2D eigenvalue weighted by Crippen LogP contribution is -2.19. The largest absolute Gasteiger partial charge is 0.497 e. The summed E-state index contributed by atoms with van der Waals surface area (Å²) in [6.07, 6.45) is 1.51. The summed E-state index contributed by atoms with van der Waals surface area (Å²) in [5.41, 5.74) is 4.25. The maximum atomic E-state index is 12.2. The van der Waals surface area contributed by atoms with Gasteiger partial charge in [0, 0.05) is 17.0 Å². The first kappa shape index (κ1) is 16.4. The minimum Gasteiger partial charge on any atom is -0.497 e. The summed E-state index contributed by atoms with van der Waals surface area (Å²) in [5.74, 6) is 0.897. The van der Waals surface area contributed by atoms with Crippen molar-refractivity contribution in [3.8, 4) is 11.5 Å². The first-order chi connectivity index (χ1) is 12.2. The van der Waals surface area contributed by atoms with Crippen molar-refractivity contribution in [2.75, 3.05) is 14.2 Å². The van der Waals surface area contributed by atoms with Crippen LogP contribution in [0.15, 0.2) is 59.7 Å². The first-order valence-electron chi connectivity index (χ1n) is 7.62. The lowest BCUT2D eigenvalue weighted by atomic mass is 10.2. The third-order valence-corrected chi connectivity index (χ3v) is 3.64. The van der Waals surface area contributed by atoms with Crippen LogP contribution in [-0.4, -0.2) is 31.3 Å². The highest BCUT2D eigenvalue weighted by atomic mass is 16.5. The number of hydrogen-bond donors (Lipinski definition) is 1. The van der Waals surface area contributed by atoms with Crippen molar-refractivity contribution in [1.29, 1.82) is 0 Å². The number of rotatable bonds is 5. The molecule has 0 aliphatic heterocycles. The summed E-state index contributed by atoms with van der Waals surface area (Å²) < 4.78 is 10.4. The molecule has 0 aliphatic rings.